The van der Waals surface area contributed by atoms with Gasteiger partial charge in [-0.15, -0.1) is 0 Å². The van der Waals surface area contributed by atoms with Crippen LogP contribution in [0.4, 0.5) is 0 Å². The highest BCUT2D eigenvalue weighted by Gasteiger charge is 2.23. The van der Waals surface area contributed by atoms with E-state index in [2.05, 4.69) is 5.32 Å². The average molecular weight is 319 g/mol. The summed E-state index contributed by atoms with van der Waals surface area (Å²) in [5.41, 5.74) is 0.941. The summed E-state index contributed by atoms with van der Waals surface area (Å²) in [5.74, 6) is 2.01. The molecular weight excluding hydrogens is 303 g/mol. The third-order valence-electron chi connectivity index (χ3n) is 2.94. The molecule has 1 saturated heterocycles. The van der Waals surface area contributed by atoms with Gasteiger partial charge in [0.15, 0.2) is 0 Å². The molecule has 1 aromatic rings. The van der Waals surface area contributed by atoms with E-state index in [-0.39, 0.29) is 11.9 Å². The molecule has 2 rings (SSSR count). The lowest BCUT2D eigenvalue weighted by molar-refractivity contribution is -0.132. The van der Waals surface area contributed by atoms with E-state index in [9.17, 15) is 4.79 Å². The number of nitrogens with zero attached hydrogens (tertiary/aromatic N) is 1. The molecule has 0 saturated carbocycles. The van der Waals surface area contributed by atoms with E-state index in [4.69, 9.17) is 23.2 Å². The Hall–Kier alpha value is -0.420. The van der Waals surface area contributed by atoms with Crippen molar-refractivity contribution in [1.82, 2.24) is 10.2 Å². The van der Waals surface area contributed by atoms with Crippen LogP contribution in [0.15, 0.2) is 18.2 Å². The van der Waals surface area contributed by atoms with Crippen LogP contribution in [0.1, 0.15) is 5.56 Å². The molecule has 1 aliphatic rings. The molecule has 19 heavy (non-hydrogen) atoms. The standard InChI is InChI=1S/C13H16Cl2N2OS/c1-17(13(18)12-8-19-3-2-16-12)7-9-4-10(14)6-11(15)5-9/h4-6,12,16H,2-3,7-8H2,1H3. The Morgan fingerprint density at radius 2 is 2.11 bits per heavy atom. The van der Waals surface area contributed by atoms with Gasteiger partial charge in [-0.2, -0.15) is 11.8 Å². The Morgan fingerprint density at radius 1 is 1.42 bits per heavy atom. The van der Waals surface area contributed by atoms with Crippen molar-refractivity contribution in [3.63, 3.8) is 0 Å². The van der Waals surface area contributed by atoms with Crippen molar-refractivity contribution in [3.8, 4) is 0 Å². The Bertz CT molecular complexity index is 444. The van der Waals surface area contributed by atoms with Gasteiger partial charge in [-0.05, 0) is 23.8 Å². The minimum absolute atomic E-state index is 0.0848. The summed E-state index contributed by atoms with van der Waals surface area (Å²) in [4.78, 5) is 14.0. The molecule has 0 aliphatic carbocycles. The molecule has 1 fully saturated rings. The summed E-state index contributed by atoms with van der Waals surface area (Å²) in [7, 11) is 1.80. The zero-order valence-electron chi connectivity index (χ0n) is 10.7. The van der Waals surface area contributed by atoms with Crippen molar-refractivity contribution in [2.24, 2.45) is 0 Å². The predicted molar refractivity (Wildman–Crippen MR) is 82.1 cm³/mol. The van der Waals surface area contributed by atoms with Gasteiger partial charge in [0.1, 0.15) is 0 Å². The lowest BCUT2D eigenvalue weighted by Crippen LogP contribution is -2.49. The molecule has 1 amide bonds. The largest absolute Gasteiger partial charge is 0.340 e. The Morgan fingerprint density at radius 3 is 2.68 bits per heavy atom. The molecule has 3 nitrogen and oxygen atoms in total. The number of benzene rings is 1. The quantitative estimate of drug-likeness (QED) is 0.930. The van der Waals surface area contributed by atoms with Gasteiger partial charge in [-0.25, -0.2) is 0 Å². The van der Waals surface area contributed by atoms with Crippen molar-refractivity contribution in [2.75, 3.05) is 25.1 Å². The average Bonchev–Trinajstić information content (AvgIpc) is 2.37. The number of halogens is 2. The first kappa shape index (κ1) is 15.0. The maximum atomic E-state index is 12.3. The van der Waals surface area contributed by atoms with Crippen molar-refractivity contribution in [1.29, 1.82) is 0 Å². The molecule has 6 heteroatoms. The molecule has 1 aromatic carbocycles. The molecule has 104 valence electrons. The summed E-state index contributed by atoms with van der Waals surface area (Å²) in [5, 5.41) is 4.43. The van der Waals surface area contributed by atoms with Gasteiger partial charge in [0.05, 0.1) is 6.04 Å². The fourth-order valence-corrected chi connectivity index (χ4v) is 3.54. The predicted octanol–water partition coefficient (Wildman–Crippen LogP) is 2.66. The van der Waals surface area contributed by atoms with Gasteiger partial charge in [0.25, 0.3) is 0 Å². The number of hydrogen-bond donors (Lipinski definition) is 1. The zero-order valence-corrected chi connectivity index (χ0v) is 13.0. The summed E-state index contributed by atoms with van der Waals surface area (Å²) >= 11 is 13.7. The third-order valence-corrected chi connectivity index (χ3v) is 4.44. The van der Waals surface area contributed by atoms with Gasteiger partial charge >= 0.3 is 0 Å². The first-order chi connectivity index (χ1) is 9.06. The first-order valence-electron chi connectivity index (χ1n) is 6.07. The molecule has 1 aliphatic heterocycles. The molecule has 1 atom stereocenters. The van der Waals surface area contributed by atoms with Crippen LogP contribution in [-0.4, -0.2) is 41.9 Å². The van der Waals surface area contributed by atoms with E-state index in [0.717, 1.165) is 23.6 Å². The van der Waals surface area contributed by atoms with Crippen molar-refractivity contribution >= 4 is 40.9 Å². The zero-order chi connectivity index (χ0) is 13.8. The highest BCUT2D eigenvalue weighted by Crippen LogP contribution is 2.20. The molecule has 0 radical (unpaired) electrons. The molecule has 1 unspecified atom stereocenters. The first-order valence-corrected chi connectivity index (χ1v) is 7.98. The van der Waals surface area contributed by atoms with Gasteiger partial charge in [0.2, 0.25) is 5.91 Å². The summed E-state index contributed by atoms with van der Waals surface area (Å²) in [6.07, 6.45) is 0. The summed E-state index contributed by atoms with van der Waals surface area (Å²) < 4.78 is 0. The van der Waals surface area contributed by atoms with Crippen LogP contribution in [-0.2, 0) is 11.3 Å². The van der Waals surface area contributed by atoms with Crippen LogP contribution >= 0.6 is 35.0 Å². The lowest BCUT2D eigenvalue weighted by atomic mass is 10.2. The highest BCUT2D eigenvalue weighted by molar-refractivity contribution is 7.99. The van der Waals surface area contributed by atoms with E-state index in [1.807, 2.05) is 23.9 Å². The van der Waals surface area contributed by atoms with Crippen LogP contribution in [0.25, 0.3) is 0 Å². The van der Waals surface area contributed by atoms with E-state index in [1.165, 1.54) is 0 Å². The molecule has 0 aromatic heterocycles. The van der Waals surface area contributed by atoms with Crippen LogP contribution in [0.2, 0.25) is 10.0 Å². The van der Waals surface area contributed by atoms with Gasteiger partial charge in [0, 0.05) is 41.7 Å². The van der Waals surface area contributed by atoms with Crippen molar-refractivity contribution in [3.05, 3.63) is 33.8 Å². The van der Waals surface area contributed by atoms with E-state index >= 15 is 0 Å². The molecule has 0 bridgehead atoms. The number of likely N-dealkylation sites (N-methyl/N-ethyl adjacent to an activating group) is 1. The van der Waals surface area contributed by atoms with E-state index in [1.54, 1.807) is 18.0 Å². The van der Waals surface area contributed by atoms with Crippen LogP contribution in [0.3, 0.4) is 0 Å². The summed E-state index contributed by atoms with van der Waals surface area (Å²) in [6.45, 7) is 1.40. The maximum absolute atomic E-state index is 12.3. The number of hydrogen-bond acceptors (Lipinski definition) is 3. The SMILES string of the molecule is CN(Cc1cc(Cl)cc(Cl)c1)C(=O)C1CSCCN1. The molecule has 0 spiro atoms. The number of rotatable bonds is 3. The Kier molecular flexibility index (Phi) is 5.39. The number of amides is 1. The van der Waals surface area contributed by atoms with Crippen LogP contribution in [0.5, 0.6) is 0 Å². The molecule has 1 N–H and O–H groups in total. The Labute approximate surface area is 127 Å². The fourth-order valence-electron chi connectivity index (χ4n) is 2.04. The second-order valence-corrected chi connectivity index (χ2v) is 6.58. The maximum Gasteiger partial charge on any atom is 0.240 e. The fraction of sp³-hybridized carbons (Fsp3) is 0.462. The number of thioether (sulfide) groups is 1. The van der Waals surface area contributed by atoms with Crippen molar-refractivity contribution in [2.45, 2.75) is 12.6 Å². The molecule has 1 heterocycles. The number of nitrogens with one attached hydrogen (secondary N) is 1. The van der Waals surface area contributed by atoms with Crippen molar-refractivity contribution < 1.29 is 4.79 Å². The topological polar surface area (TPSA) is 32.3 Å². The normalized spacial score (nSPS) is 19.2. The minimum Gasteiger partial charge on any atom is -0.340 e. The highest BCUT2D eigenvalue weighted by atomic mass is 35.5. The number of carbonyl (C=O) groups is 1. The number of carbonyl (C=O) groups excluding carboxylic acids is 1. The summed E-state index contributed by atoms with van der Waals surface area (Å²) in [6, 6.07) is 5.27. The second kappa shape index (κ2) is 6.84. The van der Waals surface area contributed by atoms with Crippen LogP contribution in [0, 0.1) is 0 Å². The van der Waals surface area contributed by atoms with Gasteiger partial charge in [-0.1, -0.05) is 23.2 Å². The minimum atomic E-state index is -0.0848. The van der Waals surface area contributed by atoms with Gasteiger partial charge < -0.3 is 10.2 Å². The van der Waals surface area contributed by atoms with Crippen LogP contribution < -0.4 is 5.32 Å². The van der Waals surface area contributed by atoms with E-state index < -0.39 is 0 Å². The van der Waals surface area contributed by atoms with Gasteiger partial charge in [-0.3, -0.25) is 4.79 Å². The Balaban J connectivity index is 1.99. The van der Waals surface area contributed by atoms with E-state index in [0.29, 0.717) is 16.6 Å². The third kappa shape index (κ3) is 4.28. The monoisotopic (exact) mass is 318 g/mol. The lowest BCUT2D eigenvalue weighted by Gasteiger charge is -2.27. The smallest absolute Gasteiger partial charge is 0.240 e. The second-order valence-electron chi connectivity index (χ2n) is 4.55. The molecular formula is C13H16Cl2N2OS.